The van der Waals surface area contributed by atoms with E-state index in [2.05, 4.69) is 0 Å². The predicted octanol–water partition coefficient (Wildman–Crippen LogP) is 6.04. The minimum Gasteiger partial charge on any atom is -0.480 e. The van der Waals surface area contributed by atoms with Crippen LogP contribution in [0.5, 0.6) is 0 Å². The highest BCUT2D eigenvalue weighted by Gasteiger charge is 2.40. The van der Waals surface area contributed by atoms with Crippen LogP contribution in [0.1, 0.15) is 42.0 Å². The molecule has 0 bridgehead atoms. The zero-order valence-electron chi connectivity index (χ0n) is 14.7. The van der Waals surface area contributed by atoms with E-state index >= 15 is 0 Å². The molecule has 2 aromatic rings. The number of benzene rings is 2. The fourth-order valence-electron chi connectivity index (χ4n) is 3.75. The van der Waals surface area contributed by atoms with E-state index in [9.17, 15) is 23.1 Å². The van der Waals surface area contributed by atoms with E-state index in [4.69, 9.17) is 23.2 Å². The largest absolute Gasteiger partial charge is 0.480 e. The van der Waals surface area contributed by atoms with Gasteiger partial charge in [0.15, 0.2) is 0 Å². The molecule has 0 radical (unpaired) electrons. The van der Waals surface area contributed by atoms with Crippen LogP contribution in [0.15, 0.2) is 42.5 Å². The number of carboxylic acids is 1. The van der Waals surface area contributed by atoms with Crippen LogP contribution < -0.4 is 0 Å². The van der Waals surface area contributed by atoms with Gasteiger partial charge in [-0.25, -0.2) is 0 Å². The summed E-state index contributed by atoms with van der Waals surface area (Å²) in [6.07, 6.45) is -2.78. The van der Waals surface area contributed by atoms with Crippen LogP contribution in [-0.2, 0) is 11.0 Å². The smallest absolute Gasteiger partial charge is 0.416 e. The van der Waals surface area contributed by atoms with Crippen molar-refractivity contribution in [1.29, 1.82) is 0 Å². The predicted molar refractivity (Wildman–Crippen MR) is 102 cm³/mol. The molecule has 0 aliphatic carbocycles. The number of rotatable bonds is 4. The lowest BCUT2D eigenvalue weighted by molar-refractivity contribution is -0.145. The fourth-order valence-corrected chi connectivity index (χ4v) is 4.06. The third kappa shape index (κ3) is 4.29. The first-order chi connectivity index (χ1) is 13.2. The van der Waals surface area contributed by atoms with Gasteiger partial charge < -0.3 is 5.11 Å². The summed E-state index contributed by atoms with van der Waals surface area (Å²) in [5.74, 6) is -1.05. The molecule has 8 heteroatoms. The Morgan fingerprint density at radius 1 is 1.11 bits per heavy atom. The summed E-state index contributed by atoms with van der Waals surface area (Å²) in [4.78, 5) is 13.4. The Balaban J connectivity index is 2.21. The highest BCUT2D eigenvalue weighted by Crippen LogP contribution is 2.42. The van der Waals surface area contributed by atoms with Crippen LogP contribution >= 0.6 is 23.2 Å². The van der Waals surface area contributed by atoms with Crippen molar-refractivity contribution >= 4 is 29.2 Å². The van der Waals surface area contributed by atoms with Crippen molar-refractivity contribution in [2.45, 2.75) is 37.5 Å². The first-order valence-electron chi connectivity index (χ1n) is 8.79. The Morgan fingerprint density at radius 3 is 2.46 bits per heavy atom. The highest BCUT2D eigenvalue weighted by atomic mass is 35.5. The molecule has 3 rings (SSSR count). The maximum absolute atomic E-state index is 13.7. The Morgan fingerprint density at radius 2 is 1.82 bits per heavy atom. The number of piperidine rings is 1. The van der Waals surface area contributed by atoms with Gasteiger partial charge in [0, 0.05) is 0 Å². The van der Waals surface area contributed by atoms with Crippen molar-refractivity contribution in [3.63, 3.8) is 0 Å². The zero-order valence-corrected chi connectivity index (χ0v) is 16.2. The Kier molecular flexibility index (Phi) is 6.22. The SMILES string of the molecule is O=C(O)C1CCCCN1C(c1ccc(Cl)c(Cl)c1)c1ccccc1C(F)(F)F. The van der Waals surface area contributed by atoms with E-state index < -0.39 is 29.8 Å². The van der Waals surface area contributed by atoms with Gasteiger partial charge in [0.1, 0.15) is 6.04 Å². The van der Waals surface area contributed by atoms with E-state index in [1.807, 2.05) is 0 Å². The second kappa shape index (κ2) is 8.31. The summed E-state index contributed by atoms with van der Waals surface area (Å²) in [6, 6.07) is 8.08. The monoisotopic (exact) mass is 431 g/mol. The zero-order chi connectivity index (χ0) is 20.5. The van der Waals surface area contributed by atoms with Gasteiger partial charge in [0.2, 0.25) is 0 Å². The van der Waals surface area contributed by atoms with Crippen LogP contribution in [0.25, 0.3) is 0 Å². The Labute approximate surface area is 170 Å². The van der Waals surface area contributed by atoms with E-state index in [0.717, 1.165) is 6.07 Å². The molecule has 1 N–H and O–H groups in total. The average Bonchev–Trinajstić information content (AvgIpc) is 2.65. The summed E-state index contributed by atoms with van der Waals surface area (Å²) in [7, 11) is 0. The summed E-state index contributed by atoms with van der Waals surface area (Å²) < 4.78 is 41.1. The molecule has 0 spiro atoms. The van der Waals surface area contributed by atoms with Gasteiger partial charge in [-0.1, -0.05) is 53.9 Å². The second-order valence-corrected chi connectivity index (χ2v) is 7.56. The maximum Gasteiger partial charge on any atom is 0.416 e. The van der Waals surface area contributed by atoms with Gasteiger partial charge in [-0.05, 0) is 48.7 Å². The normalized spacial score (nSPS) is 19.4. The number of aliphatic carboxylic acids is 1. The lowest BCUT2D eigenvalue weighted by atomic mass is 9.89. The Bertz CT molecular complexity index is 873. The summed E-state index contributed by atoms with van der Waals surface area (Å²) >= 11 is 12.1. The number of carbonyl (C=O) groups is 1. The van der Waals surface area contributed by atoms with E-state index in [-0.39, 0.29) is 15.6 Å². The van der Waals surface area contributed by atoms with Crippen molar-refractivity contribution in [3.05, 3.63) is 69.2 Å². The topological polar surface area (TPSA) is 40.5 Å². The molecule has 150 valence electrons. The number of hydrogen-bond acceptors (Lipinski definition) is 2. The van der Waals surface area contributed by atoms with E-state index in [1.165, 1.54) is 30.3 Å². The first-order valence-corrected chi connectivity index (χ1v) is 9.55. The molecule has 1 aliphatic heterocycles. The molecule has 0 saturated carbocycles. The molecule has 3 nitrogen and oxygen atoms in total. The van der Waals surface area contributed by atoms with Gasteiger partial charge in [0.05, 0.1) is 21.7 Å². The minimum atomic E-state index is -4.57. The summed E-state index contributed by atoms with van der Waals surface area (Å²) in [5, 5.41) is 10.2. The quantitative estimate of drug-likeness (QED) is 0.641. The third-order valence-electron chi connectivity index (χ3n) is 4.98. The fraction of sp³-hybridized carbons (Fsp3) is 0.350. The van der Waals surface area contributed by atoms with Crippen LogP contribution in [0.3, 0.4) is 0 Å². The molecule has 2 unspecified atom stereocenters. The van der Waals surface area contributed by atoms with Crippen LogP contribution in [-0.4, -0.2) is 28.6 Å². The minimum absolute atomic E-state index is 0.00143. The van der Waals surface area contributed by atoms with Crippen LogP contribution in [0, 0.1) is 0 Å². The van der Waals surface area contributed by atoms with Gasteiger partial charge in [-0.3, -0.25) is 9.69 Å². The molecule has 1 fully saturated rings. The maximum atomic E-state index is 13.7. The lowest BCUT2D eigenvalue weighted by Gasteiger charge is -2.40. The molecule has 2 aromatic carbocycles. The van der Waals surface area contributed by atoms with Crippen LogP contribution in [0.4, 0.5) is 13.2 Å². The third-order valence-corrected chi connectivity index (χ3v) is 5.72. The molecular formula is C20H18Cl2F3NO2. The van der Waals surface area contributed by atoms with E-state index in [1.54, 1.807) is 11.0 Å². The number of halogens is 5. The molecular weight excluding hydrogens is 414 g/mol. The number of carboxylic acid groups (broad SMARTS) is 1. The number of likely N-dealkylation sites (tertiary alicyclic amines) is 1. The lowest BCUT2D eigenvalue weighted by Crippen LogP contribution is -2.47. The molecule has 1 saturated heterocycles. The van der Waals surface area contributed by atoms with Crippen molar-refractivity contribution in [2.75, 3.05) is 6.54 Å². The van der Waals surface area contributed by atoms with Gasteiger partial charge in [-0.15, -0.1) is 0 Å². The number of nitrogens with zero attached hydrogens (tertiary/aromatic N) is 1. The van der Waals surface area contributed by atoms with Gasteiger partial charge in [-0.2, -0.15) is 13.2 Å². The second-order valence-electron chi connectivity index (χ2n) is 6.75. The molecule has 0 amide bonds. The van der Waals surface area contributed by atoms with Crippen molar-refractivity contribution < 1.29 is 23.1 Å². The molecule has 28 heavy (non-hydrogen) atoms. The van der Waals surface area contributed by atoms with E-state index in [0.29, 0.717) is 31.4 Å². The standard InChI is InChI=1S/C20H18Cl2F3NO2/c21-15-9-8-12(11-16(15)22)18(26-10-4-3-7-17(26)19(27)28)13-5-1-2-6-14(13)20(23,24)25/h1-2,5-6,8-9,11,17-18H,3-4,7,10H2,(H,27,28). The van der Waals surface area contributed by atoms with Crippen molar-refractivity contribution in [3.8, 4) is 0 Å². The summed E-state index contributed by atoms with van der Waals surface area (Å²) in [6.45, 7) is 0.369. The van der Waals surface area contributed by atoms with Crippen molar-refractivity contribution in [2.24, 2.45) is 0 Å². The molecule has 0 aromatic heterocycles. The number of hydrogen-bond donors (Lipinski definition) is 1. The van der Waals surface area contributed by atoms with Crippen molar-refractivity contribution in [1.82, 2.24) is 4.90 Å². The van der Waals surface area contributed by atoms with Crippen LogP contribution in [0.2, 0.25) is 10.0 Å². The summed E-state index contributed by atoms with van der Waals surface area (Å²) in [5.41, 5.74) is -0.318. The molecule has 2 atom stereocenters. The first kappa shape index (κ1) is 21.0. The van der Waals surface area contributed by atoms with Gasteiger partial charge in [0.25, 0.3) is 0 Å². The Hall–Kier alpha value is -1.76. The van der Waals surface area contributed by atoms with Gasteiger partial charge >= 0.3 is 12.1 Å². The number of alkyl halides is 3. The molecule has 1 heterocycles. The average molecular weight is 432 g/mol. The molecule has 1 aliphatic rings. The highest BCUT2D eigenvalue weighted by molar-refractivity contribution is 6.42.